The zero-order chi connectivity index (χ0) is 19.1. The lowest BCUT2D eigenvalue weighted by Gasteiger charge is -2.38. The fourth-order valence-corrected chi connectivity index (χ4v) is 3.63. The van der Waals surface area contributed by atoms with Crippen LogP contribution >= 0.6 is 0 Å². The molecule has 0 spiro atoms. The van der Waals surface area contributed by atoms with E-state index in [-0.39, 0.29) is 18.0 Å². The maximum Gasteiger partial charge on any atom is 0.237 e. The third-order valence-electron chi connectivity index (χ3n) is 5.31. The number of rotatable bonds is 7. The maximum absolute atomic E-state index is 12.9. The molecule has 2 aromatic rings. The molecule has 1 fully saturated rings. The standard InChI is InChI=1S/C22H30N4O/c1-3-9-20(19-10-5-4-6-11-19)24-22(27)18(2)25-14-16-26(17-15-25)21-12-7-8-13-23-21/h4-8,10-13,18,20H,3,9,14-17H2,1-2H3,(H,24,27)/t18-,20-/m0/s1. The molecular formula is C22H30N4O. The Labute approximate surface area is 162 Å². The predicted octanol–water partition coefficient (Wildman–Crippen LogP) is 3.25. The first-order chi connectivity index (χ1) is 13.2. The number of amides is 1. The Morgan fingerprint density at radius 1 is 1.07 bits per heavy atom. The van der Waals surface area contributed by atoms with Crippen LogP contribution in [0.15, 0.2) is 54.7 Å². The van der Waals surface area contributed by atoms with E-state index in [0.29, 0.717) is 0 Å². The Morgan fingerprint density at radius 3 is 2.41 bits per heavy atom. The lowest BCUT2D eigenvalue weighted by molar-refractivity contribution is -0.126. The largest absolute Gasteiger partial charge is 0.354 e. The molecule has 27 heavy (non-hydrogen) atoms. The van der Waals surface area contributed by atoms with Crippen molar-refractivity contribution < 1.29 is 4.79 Å². The van der Waals surface area contributed by atoms with Gasteiger partial charge in [0.25, 0.3) is 0 Å². The predicted molar refractivity (Wildman–Crippen MR) is 110 cm³/mol. The summed E-state index contributed by atoms with van der Waals surface area (Å²) in [5.74, 6) is 1.13. The molecule has 0 radical (unpaired) electrons. The van der Waals surface area contributed by atoms with Gasteiger partial charge in [-0.15, -0.1) is 0 Å². The van der Waals surface area contributed by atoms with Crippen molar-refractivity contribution >= 4 is 11.7 Å². The van der Waals surface area contributed by atoms with Gasteiger partial charge in [0.2, 0.25) is 5.91 Å². The van der Waals surface area contributed by atoms with Gasteiger partial charge in [0, 0.05) is 32.4 Å². The lowest BCUT2D eigenvalue weighted by atomic mass is 10.0. The summed E-state index contributed by atoms with van der Waals surface area (Å²) in [6.45, 7) is 7.70. The summed E-state index contributed by atoms with van der Waals surface area (Å²) in [7, 11) is 0. The van der Waals surface area contributed by atoms with Crippen LogP contribution in [0, 0.1) is 0 Å². The number of hydrogen-bond acceptors (Lipinski definition) is 4. The van der Waals surface area contributed by atoms with E-state index >= 15 is 0 Å². The summed E-state index contributed by atoms with van der Waals surface area (Å²) in [6.07, 6.45) is 3.82. The molecule has 1 aliphatic heterocycles. The van der Waals surface area contributed by atoms with Crippen molar-refractivity contribution in [3.05, 3.63) is 60.3 Å². The molecule has 2 atom stereocenters. The van der Waals surface area contributed by atoms with Crippen molar-refractivity contribution in [3.63, 3.8) is 0 Å². The van der Waals surface area contributed by atoms with Gasteiger partial charge in [0.1, 0.15) is 5.82 Å². The molecule has 3 rings (SSSR count). The number of carbonyl (C=O) groups is 1. The first kappa shape index (κ1) is 19.4. The van der Waals surface area contributed by atoms with Crippen molar-refractivity contribution in [2.75, 3.05) is 31.1 Å². The molecule has 0 unspecified atom stereocenters. The Hall–Kier alpha value is -2.40. The highest BCUT2D eigenvalue weighted by molar-refractivity contribution is 5.81. The van der Waals surface area contributed by atoms with Crippen LogP contribution in [-0.4, -0.2) is 48.0 Å². The quantitative estimate of drug-likeness (QED) is 0.817. The molecule has 1 aromatic carbocycles. The van der Waals surface area contributed by atoms with E-state index in [4.69, 9.17) is 0 Å². The fourth-order valence-electron chi connectivity index (χ4n) is 3.63. The summed E-state index contributed by atoms with van der Waals surface area (Å²) < 4.78 is 0. The molecular weight excluding hydrogens is 336 g/mol. The van der Waals surface area contributed by atoms with E-state index in [0.717, 1.165) is 44.8 Å². The van der Waals surface area contributed by atoms with Crippen LogP contribution < -0.4 is 10.2 Å². The molecule has 1 N–H and O–H groups in total. The van der Waals surface area contributed by atoms with Gasteiger partial charge in [-0.1, -0.05) is 49.7 Å². The van der Waals surface area contributed by atoms with E-state index in [1.165, 1.54) is 5.56 Å². The molecule has 0 saturated carbocycles. The van der Waals surface area contributed by atoms with E-state index in [1.54, 1.807) is 0 Å². The van der Waals surface area contributed by atoms with Crippen molar-refractivity contribution in [2.45, 2.75) is 38.8 Å². The summed E-state index contributed by atoms with van der Waals surface area (Å²) in [5.41, 5.74) is 1.18. The van der Waals surface area contributed by atoms with E-state index in [9.17, 15) is 4.79 Å². The zero-order valence-electron chi connectivity index (χ0n) is 16.3. The summed E-state index contributed by atoms with van der Waals surface area (Å²) in [4.78, 5) is 21.9. The molecule has 1 saturated heterocycles. The highest BCUT2D eigenvalue weighted by Crippen LogP contribution is 2.19. The van der Waals surface area contributed by atoms with Crippen molar-refractivity contribution in [1.82, 2.24) is 15.2 Å². The van der Waals surface area contributed by atoms with Crippen LogP contribution in [0.25, 0.3) is 0 Å². The molecule has 5 heteroatoms. The van der Waals surface area contributed by atoms with Gasteiger partial charge in [-0.3, -0.25) is 9.69 Å². The van der Waals surface area contributed by atoms with Crippen LogP contribution in [0.4, 0.5) is 5.82 Å². The second kappa shape index (κ2) is 9.51. The van der Waals surface area contributed by atoms with Gasteiger partial charge in [0.05, 0.1) is 12.1 Å². The topological polar surface area (TPSA) is 48.5 Å². The average molecular weight is 367 g/mol. The van der Waals surface area contributed by atoms with Gasteiger partial charge < -0.3 is 10.2 Å². The molecule has 5 nitrogen and oxygen atoms in total. The second-order valence-corrected chi connectivity index (χ2v) is 7.15. The van der Waals surface area contributed by atoms with E-state index in [2.05, 4.69) is 39.2 Å². The monoisotopic (exact) mass is 366 g/mol. The van der Waals surface area contributed by atoms with Gasteiger partial charge in [0.15, 0.2) is 0 Å². The third kappa shape index (κ3) is 5.07. The van der Waals surface area contributed by atoms with E-state index < -0.39 is 0 Å². The average Bonchev–Trinajstić information content (AvgIpc) is 2.74. The molecule has 2 heterocycles. The van der Waals surface area contributed by atoms with Gasteiger partial charge in [-0.05, 0) is 31.0 Å². The van der Waals surface area contributed by atoms with Gasteiger partial charge >= 0.3 is 0 Å². The van der Waals surface area contributed by atoms with Crippen LogP contribution in [0.3, 0.4) is 0 Å². The Balaban J connectivity index is 1.55. The minimum absolute atomic E-state index is 0.0842. The first-order valence-electron chi connectivity index (χ1n) is 9.94. The van der Waals surface area contributed by atoms with Crippen LogP contribution in [0.5, 0.6) is 0 Å². The first-order valence-corrected chi connectivity index (χ1v) is 9.94. The highest BCUT2D eigenvalue weighted by Gasteiger charge is 2.27. The van der Waals surface area contributed by atoms with E-state index in [1.807, 2.05) is 49.5 Å². The zero-order valence-corrected chi connectivity index (χ0v) is 16.3. The Bertz CT molecular complexity index is 699. The summed E-state index contributed by atoms with van der Waals surface area (Å²) >= 11 is 0. The number of nitrogens with one attached hydrogen (secondary N) is 1. The normalized spacial score (nSPS) is 17.3. The van der Waals surface area contributed by atoms with Gasteiger partial charge in [-0.25, -0.2) is 4.98 Å². The smallest absolute Gasteiger partial charge is 0.237 e. The minimum atomic E-state index is -0.126. The van der Waals surface area contributed by atoms with Crippen LogP contribution in [0.2, 0.25) is 0 Å². The number of nitrogens with zero attached hydrogens (tertiary/aromatic N) is 3. The summed E-state index contributed by atoms with van der Waals surface area (Å²) in [5, 5.41) is 3.27. The second-order valence-electron chi connectivity index (χ2n) is 7.15. The number of pyridine rings is 1. The SMILES string of the molecule is CCC[C@H](NC(=O)[C@H](C)N1CCN(c2ccccn2)CC1)c1ccccc1. The van der Waals surface area contributed by atoms with Crippen molar-refractivity contribution in [2.24, 2.45) is 0 Å². The number of hydrogen-bond donors (Lipinski definition) is 1. The molecule has 144 valence electrons. The molecule has 0 bridgehead atoms. The number of carbonyl (C=O) groups excluding carboxylic acids is 1. The number of benzene rings is 1. The van der Waals surface area contributed by atoms with Gasteiger partial charge in [-0.2, -0.15) is 0 Å². The summed E-state index contributed by atoms with van der Waals surface area (Å²) in [6, 6.07) is 16.2. The van der Waals surface area contributed by atoms with Crippen molar-refractivity contribution in [3.8, 4) is 0 Å². The van der Waals surface area contributed by atoms with Crippen LogP contribution in [-0.2, 0) is 4.79 Å². The number of piperazine rings is 1. The number of aromatic nitrogens is 1. The molecule has 1 amide bonds. The fraction of sp³-hybridized carbons (Fsp3) is 0.455. The number of anilines is 1. The molecule has 0 aliphatic carbocycles. The van der Waals surface area contributed by atoms with Crippen molar-refractivity contribution in [1.29, 1.82) is 0 Å². The van der Waals surface area contributed by atoms with Crippen LogP contribution in [0.1, 0.15) is 38.3 Å². The Morgan fingerprint density at radius 2 is 1.78 bits per heavy atom. The maximum atomic E-state index is 12.9. The highest BCUT2D eigenvalue weighted by atomic mass is 16.2. The third-order valence-corrected chi connectivity index (χ3v) is 5.31. The lowest BCUT2D eigenvalue weighted by Crippen LogP contribution is -2.54. The molecule has 1 aromatic heterocycles. The minimum Gasteiger partial charge on any atom is -0.354 e. The molecule has 1 aliphatic rings. The Kier molecular flexibility index (Phi) is 6.82.